The van der Waals surface area contributed by atoms with Crippen LogP contribution >= 0.6 is 11.8 Å². The summed E-state index contributed by atoms with van der Waals surface area (Å²) in [5.74, 6) is -0.730. The number of methoxy groups -OCH3 is 1. The molecule has 0 saturated carbocycles. The van der Waals surface area contributed by atoms with Crippen LogP contribution in [0.5, 0.6) is 11.5 Å². The lowest BCUT2D eigenvalue weighted by Gasteiger charge is -2.13. The average Bonchev–Trinajstić information content (AvgIpc) is 2.47. The van der Waals surface area contributed by atoms with Crippen molar-refractivity contribution >= 4 is 28.7 Å². The monoisotopic (exact) mass is 340 g/mol. The van der Waals surface area contributed by atoms with E-state index in [9.17, 15) is 19.8 Å². The molecule has 2 aromatic rings. The van der Waals surface area contributed by atoms with Gasteiger partial charge in [-0.2, -0.15) is 11.8 Å². The normalized spacial score (nSPS) is 12.3. The lowest BCUT2D eigenvalue weighted by atomic mass is 10.1. The topological polar surface area (TPSA) is 117 Å². The van der Waals surface area contributed by atoms with Crippen molar-refractivity contribution in [3.63, 3.8) is 0 Å². The molecule has 0 fully saturated rings. The van der Waals surface area contributed by atoms with Crippen molar-refractivity contribution in [1.82, 2.24) is 0 Å². The predicted molar refractivity (Wildman–Crippen MR) is 85.2 cm³/mol. The van der Waals surface area contributed by atoms with E-state index < -0.39 is 12.1 Å². The molecule has 1 aromatic carbocycles. The Morgan fingerprint density at radius 2 is 2.13 bits per heavy atom. The summed E-state index contributed by atoms with van der Waals surface area (Å²) in [6.07, 6.45) is -1.50. The van der Waals surface area contributed by atoms with E-state index >= 15 is 0 Å². The molecule has 0 saturated heterocycles. The fraction of sp³-hybridized carbons (Fsp3) is 0.333. The Bertz CT molecular complexity index is 796. The van der Waals surface area contributed by atoms with Gasteiger partial charge in [0.05, 0.1) is 7.11 Å². The summed E-state index contributed by atoms with van der Waals surface area (Å²) < 4.78 is 10.6. The summed E-state index contributed by atoms with van der Waals surface area (Å²) in [6, 6.07) is 2.78. The molecule has 23 heavy (non-hydrogen) atoms. The van der Waals surface area contributed by atoms with Crippen molar-refractivity contribution in [3.8, 4) is 11.5 Å². The summed E-state index contributed by atoms with van der Waals surface area (Å²) in [4.78, 5) is 22.7. The highest BCUT2D eigenvalue weighted by Gasteiger charge is 2.19. The van der Waals surface area contributed by atoms with Crippen molar-refractivity contribution in [1.29, 1.82) is 0 Å². The molecular formula is C15H16O7S. The predicted octanol–water partition coefficient (Wildman–Crippen LogP) is 1.49. The lowest BCUT2D eigenvalue weighted by Crippen LogP contribution is -2.21. The largest absolute Gasteiger partial charge is 0.507 e. The summed E-state index contributed by atoms with van der Waals surface area (Å²) in [5.41, 5.74) is 0.183. The molecule has 2 rings (SSSR count). The molecule has 1 unspecified atom stereocenters. The van der Waals surface area contributed by atoms with Crippen molar-refractivity contribution in [2.24, 2.45) is 0 Å². The van der Waals surface area contributed by atoms with Crippen LogP contribution in [0.15, 0.2) is 21.3 Å². The highest BCUT2D eigenvalue weighted by atomic mass is 32.2. The number of phenols is 1. The van der Waals surface area contributed by atoms with Crippen LogP contribution in [0.25, 0.3) is 11.0 Å². The molecule has 1 atom stereocenters. The van der Waals surface area contributed by atoms with Crippen molar-refractivity contribution in [2.45, 2.75) is 18.8 Å². The van der Waals surface area contributed by atoms with Gasteiger partial charge >= 0.3 is 5.97 Å². The molecule has 0 bridgehead atoms. The number of ether oxygens (including phenoxy) is 1. The molecular weight excluding hydrogens is 324 g/mol. The summed E-state index contributed by atoms with van der Waals surface area (Å²) in [7, 11) is 1.41. The third kappa shape index (κ3) is 3.59. The highest BCUT2D eigenvalue weighted by Crippen LogP contribution is 2.37. The van der Waals surface area contributed by atoms with Crippen LogP contribution in [0.4, 0.5) is 0 Å². The van der Waals surface area contributed by atoms with E-state index in [1.165, 1.54) is 19.2 Å². The van der Waals surface area contributed by atoms with E-state index in [0.717, 1.165) is 11.8 Å². The number of fused-ring (bicyclic) bond motifs is 1. The third-order valence-electron chi connectivity index (χ3n) is 3.21. The second-order valence-corrected chi connectivity index (χ2v) is 5.90. The van der Waals surface area contributed by atoms with Gasteiger partial charge in [0.1, 0.15) is 28.2 Å². The van der Waals surface area contributed by atoms with Crippen molar-refractivity contribution in [3.05, 3.63) is 33.7 Å². The maximum atomic E-state index is 12.1. The van der Waals surface area contributed by atoms with Gasteiger partial charge in [-0.25, -0.2) is 4.79 Å². The standard InChI is InChI=1S/C15H16O7S/c1-7-3-9(16)13-12(22-7)4-11(21-2)8(14(13)18)5-23-6-10(17)15(19)20/h3-4,10,17-18H,5-6H2,1-2H3,(H,19,20). The van der Waals surface area contributed by atoms with Crippen molar-refractivity contribution in [2.75, 3.05) is 12.9 Å². The summed E-state index contributed by atoms with van der Waals surface area (Å²) in [5, 5.41) is 28.3. The van der Waals surface area contributed by atoms with E-state index in [1.54, 1.807) is 6.92 Å². The van der Waals surface area contributed by atoms with E-state index in [0.29, 0.717) is 17.1 Å². The number of aryl methyl sites for hydroxylation is 1. The average molecular weight is 340 g/mol. The lowest BCUT2D eigenvalue weighted by molar-refractivity contribution is -0.145. The number of carboxylic acids is 1. The van der Waals surface area contributed by atoms with Crippen LogP contribution in [-0.2, 0) is 10.5 Å². The fourth-order valence-electron chi connectivity index (χ4n) is 2.11. The minimum Gasteiger partial charge on any atom is -0.507 e. The van der Waals surface area contributed by atoms with Gasteiger partial charge < -0.3 is 24.5 Å². The number of aliphatic hydroxyl groups excluding tert-OH is 1. The number of hydrogen-bond acceptors (Lipinski definition) is 7. The number of benzene rings is 1. The van der Waals surface area contributed by atoms with Crippen LogP contribution < -0.4 is 10.2 Å². The van der Waals surface area contributed by atoms with Gasteiger partial charge in [-0.05, 0) is 6.92 Å². The second-order valence-electron chi connectivity index (χ2n) is 4.87. The van der Waals surface area contributed by atoms with E-state index in [-0.39, 0.29) is 33.7 Å². The SMILES string of the molecule is COc1cc2oc(C)cc(=O)c2c(O)c1CSCC(O)C(=O)O. The number of aliphatic hydroxyl groups is 1. The fourth-order valence-corrected chi connectivity index (χ4v) is 3.07. The molecule has 0 aliphatic carbocycles. The third-order valence-corrected chi connectivity index (χ3v) is 4.25. The van der Waals surface area contributed by atoms with E-state index in [1.807, 2.05) is 0 Å². The number of hydrogen-bond donors (Lipinski definition) is 3. The number of carboxylic acid groups (broad SMARTS) is 1. The maximum Gasteiger partial charge on any atom is 0.333 e. The molecule has 8 heteroatoms. The Labute approximate surface area is 135 Å². The molecule has 3 N–H and O–H groups in total. The Kier molecular flexibility index (Phi) is 5.17. The minimum absolute atomic E-state index is 0.0470. The molecule has 7 nitrogen and oxygen atoms in total. The molecule has 0 aliphatic rings. The van der Waals surface area contributed by atoms with Crippen LogP contribution in [0.1, 0.15) is 11.3 Å². The Morgan fingerprint density at radius 3 is 2.74 bits per heavy atom. The first-order valence-electron chi connectivity index (χ1n) is 6.67. The first-order valence-corrected chi connectivity index (χ1v) is 7.82. The zero-order chi connectivity index (χ0) is 17.1. The number of thioether (sulfide) groups is 1. The highest BCUT2D eigenvalue weighted by molar-refractivity contribution is 7.98. The molecule has 0 spiro atoms. The minimum atomic E-state index is -1.50. The van der Waals surface area contributed by atoms with E-state index in [2.05, 4.69) is 0 Å². The zero-order valence-electron chi connectivity index (χ0n) is 12.5. The molecule has 0 amide bonds. The van der Waals surface area contributed by atoms with Crippen molar-refractivity contribution < 1.29 is 29.3 Å². The number of rotatable bonds is 6. The first-order chi connectivity index (χ1) is 10.8. The Balaban J connectivity index is 2.41. The van der Waals surface area contributed by atoms with Gasteiger partial charge in [-0.1, -0.05) is 0 Å². The number of phenolic OH excluding ortho intramolecular Hbond substituents is 1. The van der Waals surface area contributed by atoms with Gasteiger partial charge in [0.15, 0.2) is 11.5 Å². The molecule has 1 heterocycles. The van der Waals surface area contributed by atoms with Gasteiger partial charge in [-0.3, -0.25) is 4.79 Å². The quantitative estimate of drug-likeness (QED) is 0.724. The van der Waals surface area contributed by atoms with Crippen LogP contribution in [0, 0.1) is 6.92 Å². The Morgan fingerprint density at radius 1 is 1.43 bits per heavy atom. The molecule has 1 aromatic heterocycles. The van der Waals surface area contributed by atoms with Gasteiger partial charge in [-0.15, -0.1) is 0 Å². The molecule has 0 aliphatic heterocycles. The zero-order valence-corrected chi connectivity index (χ0v) is 13.3. The summed E-state index contributed by atoms with van der Waals surface area (Å²) >= 11 is 1.10. The van der Waals surface area contributed by atoms with Crippen LogP contribution in [0.2, 0.25) is 0 Å². The van der Waals surface area contributed by atoms with E-state index in [4.69, 9.17) is 14.3 Å². The smallest absolute Gasteiger partial charge is 0.333 e. The van der Waals surface area contributed by atoms with Gasteiger partial charge in [0.2, 0.25) is 0 Å². The van der Waals surface area contributed by atoms with Crippen LogP contribution in [-0.4, -0.2) is 40.3 Å². The molecule has 0 radical (unpaired) electrons. The number of aliphatic carboxylic acids is 1. The summed E-state index contributed by atoms with van der Waals surface area (Å²) in [6.45, 7) is 1.63. The second kappa shape index (κ2) is 6.93. The van der Waals surface area contributed by atoms with Gasteiger partial charge in [0.25, 0.3) is 0 Å². The Hall–Kier alpha value is -2.19. The van der Waals surface area contributed by atoms with Gasteiger partial charge in [0, 0.05) is 29.2 Å². The number of carbonyl (C=O) groups is 1. The molecule has 124 valence electrons. The van der Waals surface area contributed by atoms with Crippen LogP contribution in [0.3, 0.4) is 0 Å². The first kappa shape index (κ1) is 17.2. The maximum absolute atomic E-state index is 12.1. The number of aromatic hydroxyl groups is 1.